The van der Waals surface area contributed by atoms with E-state index in [4.69, 9.17) is 16.3 Å². The quantitative estimate of drug-likeness (QED) is 0.566. The van der Waals surface area contributed by atoms with Gasteiger partial charge in [-0.25, -0.2) is 0 Å². The third-order valence-electron chi connectivity index (χ3n) is 1.48. The first kappa shape index (κ1) is 8.35. The van der Waals surface area contributed by atoms with Gasteiger partial charge >= 0.3 is 0 Å². The van der Waals surface area contributed by atoms with Gasteiger partial charge in [0, 0.05) is 18.9 Å². The normalized spacial score (nSPS) is 23.4. The minimum absolute atomic E-state index is 0.0525. The molecule has 55 valence electrons. The second-order valence-electron chi connectivity index (χ2n) is 2.10. The monoisotopic (exact) mass is 157 g/mol. The number of hydrogen-bond acceptors (Lipinski definition) is 1. The van der Waals surface area contributed by atoms with Crippen LogP contribution in [0.15, 0.2) is 0 Å². The first-order valence-electron chi connectivity index (χ1n) is 3.19. The van der Waals surface area contributed by atoms with Crippen LogP contribution in [0.25, 0.3) is 0 Å². The molecule has 0 aromatic carbocycles. The maximum atomic E-state index is 5.63. The number of methoxy groups -OCH3 is 1. The molecule has 0 aliphatic heterocycles. The van der Waals surface area contributed by atoms with Crippen LogP contribution in [0.5, 0.6) is 0 Å². The summed E-state index contributed by atoms with van der Waals surface area (Å²) in [5, 5.41) is 0. The van der Waals surface area contributed by atoms with E-state index in [1.165, 1.54) is 0 Å². The Morgan fingerprint density at radius 2 is 2.10 bits per heavy atom. The maximum absolute atomic E-state index is 5.63. The fraction of sp³-hybridized carbons (Fsp3) is 0.375. The molecule has 2 heteroatoms. The average molecular weight is 158 g/mol. The second-order valence-corrected chi connectivity index (χ2v) is 2.41. The van der Waals surface area contributed by atoms with Crippen LogP contribution in [-0.4, -0.2) is 19.1 Å². The predicted octanol–water partition coefficient (Wildman–Crippen LogP) is 1.65. The van der Waals surface area contributed by atoms with E-state index in [9.17, 15) is 0 Å². The molecule has 1 aliphatic carbocycles. The van der Waals surface area contributed by atoms with Crippen LogP contribution in [0.2, 0.25) is 0 Å². The zero-order chi connectivity index (χ0) is 7.40. The molecule has 1 aliphatic rings. The van der Waals surface area contributed by atoms with Crippen molar-refractivity contribution in [3.05, 3.63) is 31.6 Å². The van der Waals surface area contributed by atoms with Crippen LogP contribution >= 0.6 is 11.6 Å². The van der Waals surface area contributed by atoms with Crippen molar-refractivity contribution in [2.45, 2.75) is 6.10 Å². The molecule has 0 spiro atoms. The molecule has 0 aromatic rings. The highest BCUT2D eigenvalue weighted by molar-refractivity contribution is 6.18. The van der Waals surface area contributed by atoms with E-state index >= 15 is 0 Å². The molecular weight excluding hydrogens is 148 g/mol. The average Bonchev–Trinajstić information content (AvgIpc) is 2.43. The largest absolute Gasteiger partial charge is 0.380 e. The summed E-state index contributed by atoms with van der Waals surface area (Å²) in [4.78, 5) is 0. The molecule has 0 bridgehead atoms. The Bertz CT molecular complexity index is 85.3. The molecule has 0 saturated heterocycles. The summed E-state index contributed by atoms with van der Waals surface area (Å²) in [6, 6.07) is 0. The molecule has 1 saturated carbocycles. The molecular formula is C8H10ClO. The topological polar surface area (TPSA) is 9.23 Å². The summed E-state index contributed by atoms with van der Waals surface area (Å²) in [6.07, 6.45) is 8.03. The maximum Gasteiger partial charge on any atom is 0.0774 e. The smallest absolute Gasteiger partial charge is 0.0774 e. The summed E-state index contributed by atoms with van der Waals surface area (Å²) < 4.78 is 5.11. The van der Waals surface area contributed by atoms with Gasteiger partial charge in [0.05, 0.1) is 6.10 Å². The zero-order valence-electron chi connectivity index (χ0n) is 5.88. The molecule has 0 heterocycles. The van der Waals surface area contributed by atoms with E-state index in [1.54, 1.807) is 7.11 Å². The second kappa shape index (κ2) is 4.20. The lowest BCUT2D eigenvalue weighted by atomic mass is 10.0. The summed E-state index contributed by atoms with van der Waals surface area (Å²) in [5.74, 6) is 1.66. The van der Waals surface area contributed by atoms with E-state index < -0.39 is 0 Å². The van der Waals surface area contributed by atoms with Crippen LogP contribution in [0.1, 0.15) is 0 Å². The van der Waals surface area contributed by atoms with Crippen molar-refractivity contribution in [2.75, 3.05) is 13.0 Å². The number of ether oxygens (including phenoxy) is 1. The van der Waals surface area contributed by atoms with Gasteiger partial charge in [-0.3, -0.25) is 0 Å². The van der Waals surface area contributed by atoms with Crippen molar-refractivity contribution in [1.82, 2.24) is 0 Å². The number of rotatable bonds is 3. The molecule has 1 atom stereocenters. The fourth-order valence-corrected chi connectivity index (χ4v) is 1.20. The molecule has 10 heavy (non-hydrogen) atoms. The fourth-order valence-electron chi connectivity index (χ4n) is 0.892. The first-order chi connectivity index (χ1) is 4.88. The molecule has 0 N–H and O–H groups in total. The molecule has 0 unspecified atom stereocenters. The predicted molar refractivity (Wildman–Crippen MR) is 42.0 cm³/mol. The molecule has 0 aromatic heterocycles. The Hall–Kier alpha value is 0.250. The van der Waals surface area contributed by atoms with Crippen molar-refractivity contribution >= 4 is 11.6 Å². The van der Waals surface area contributed by atoms with Crippen molar-refractivity contribution < 1.29 is 4.74 Å². The number of halogens is 1. The van der Waals surface area contributed by atoms with E-state index in [0.29, 0.717) is 5.88 Å². The van der Waals surface area contributed by atoms with Crippen molar-refractivity contribution in [2.24, 2.45) is 0 Å². The summed E-state index contributed by atoms with van der Waals surface area (Å²) in [6.45, 7) is 0. The van der Waals surface area contributed by atoms with Crippen molar-refractivity contribution in [3.8, 4) is 0 Å². The van der Waals surface area contributed by atoms with E-state index in [2.05, 4.69) is 0 Å². The van der Waals surface area contributed by atoms with E-state index in [-0.39, 0.29) is 6.10 Å². The van der Waals surface area contributed by atoms with Gasteiger partial charge in [-0.2, -0.15) is 0 Å². The van der Waals surface area contributed by atoms with Gasteiger partial charge in [0.1, 0.15) is 0 Å². The van der Waals surface area contributed by atoms with E-state index in [1.807, 2.05) is 25.7 Å². The van der Waals surface area contributed by atoms with Gasteiger partial charge in [-0.05, 0) is 25.7 Å². The standard InChI is InChI=1S/C8H10ClO/c1-10-8(6-9)7-4-2-3-5-7/h2-5,8H,6H2,1H3/t8-/m1/s1. The highest BCUT2D eigenvalue weighted by Gasteiger charge is 2.25. The molecule has 0 amide bonds. The summed E-state index contributed by atoms with van der Waals surface area (Å²) in [7, 11) is 1.67. The number of alkyl halides is 1. The lowest BCUT2D eigenvalue weighted by Crippen LogP contribution is -2.20. The summed E-state index contributed by atoms with van der Waals surface area (Å²) in [5.41, 5.74) is 0. The van der Waals surface area contributed by atoms with Crippen LogP contribution < -0.4 is 0 Å². The number of hydrogen-bond donors (Lipinski definition) is 0. The molecule has 1 fully saturated rings. The third-order valence-corrected chi connectivity index (χ3v) is 1.77. The zero-order valence-corrected chi connectivity index (χ0v) is 6.64. The Kier molecular flexibility index (Phi) is 3.50. The van der Waals surface area contributed by atoms with Gasteiger partial charge < -0.3 is 4.74 Å². The Morgan fingerprint density at radius 1 is 1.50 bits per heavy atom. The van der Waals surface area contributed by atoms with Crippen molar-refractivity contribution in [3.63, 3.8) is 0 Å². The summed E-state index contributed by atoms with van der Waals surface area (Å²) >= 11 is 5.63. The van der Waals surface area contributed by atoms with Gasteiger partial charge in [0.15, 0.2) is 0 Å². The van der Waals surface area contributed by atoms with Gasteiger partial charge in [0.25, 0.3) is 0 Å². The van der Waals surface area contributed by atoms with Crippen LogP contribution in [0.3, 0.4) is 0 Å². The first-order valence-corrected chi connectivity index (χ1v) is 3.72. The molecule has 5 radical (unpaired) electrons. The van der Waals surface area contributed by atoms with E-state index in [0.717, 1.165) is 5.92 Å². The van der Waals surface area contributed by atoms with Gasteiger partial charge in [-0.1, -0.05) is 0 Å². The highest BCUT2D eigenvalue weighted by atomic mass is 35.5. The SMILES string of the molecule is CO[C@H](CCl)[C]1[CH][CH][CH][CH]1. The van der Waals surface area contributed by atoms with Crippen LogP contribution in [0, 0.1) is 31.6 Å². The van der Waals surface area contributed by atoms with Crippen LogP contribution in [-0.2, 0) is 4.74 Å². The molecule has 1 nitrogen and oxygen atoms in total. The molecule has 1 rings (SSSR count). The lowest BCUT2D eigenvalue weighted by molar-refractivity contribution is 0.138. The Balaban J connectivity index is 2.29. The lowest BCUT2D eigenvalue weighted by Gasteiger charge is -2.17. The highest BCUT2D eigenvalue weighted by Crippen LogP contribution is 2.28. The van der Waals surface area contributed by atoms with Gasteiger partial charge in [0.2, 0.25) is 0 Å². The van der Waals surface area contributed by atoms with Crippen LogP contribution in [0.4, 0.5) is 0 Å². The Labute approximate surface area is 67.7 Å². The Morgan fingerprint density at radius 3 is 2.50 bits per heavy atom. The minimum atomic E-state index is 0.0525. The van der Waals surface area contributed by atoms with Crippen molar-refractivity contribution in [1.29, 1.82) is 0 Å². The third kappa shape index (κ3) is 1.86. The van der Waals surface area contributed by atoms with Gasteiger partial charge in [-0.15, -0.1) is 11.6 Å². The minimum Gasteiger partial charge on any atom is -0.380 e.